The molecule has 1 amide bonds. The topological polar surface area (TPSA) is 48.1 Å². The average Bonchev–Trinajstić information content (AvgIpc) is 3.17. The van der Waals surface area contributed by atoms with Crippen LogP contribution in [-0.4, -0.2) is 40.0 Å². The molecule has 2 N–H and O–H groups in total. The predicted molar refractivity (Wildman–Crippen MR) is 108 cm³/mol. The molecule has 3 atom stereocenters. The average molecular weight is 404 g/mol. The van der Waals surface area contributed by atoms with Crippen molar-refractivity contribution in [2.24, 2.45) is 5.92 Å². The summed E-state index contributed by atoms with van der Waals surface area (Å²) in [6, 6.07) is 3.91. The molecule has 142 valence electrons. The van der Waals surface area contributed by atoms with Gasteiger partial charge in [0.1, 0.15) is 5.54 Å². The number of nitrogens with zero attached hydrogens (tertiary/aromatic N) is 1. The fraction of sp³-hybridized carbons (Fsp3) is 0.571. The molecule has 5 heterocycles. The molecule has 2 spiro atoms. The first kappa shape index (κ1) is 16.7. The van der Waals surface area contributed by atoms with Gasteiger partial charge in [0.15, 0.2) is 0 Å². The maximum absolute atomic E-state index is 13.1. The van der Waals surface area contributed by atoms with Gasteiger partial charge >= 0.3 is 0 Å². The minimum Gasteiger partial charge on any atom is -0.358 e. The summed E-state index contributed by atoms with van der Waals surface area (Å²) in [5, 5.41) is 5.81. The lowest BCUT2D eigenvalue weighted by atomic mass is 9.51. The number of piperidine rings is 2. The molecular weight excluding hydrogens is 381 g/mol. The number of H-pyrrole nitrogens is 1. The zero-order valence-electron chi connectivity index (χ0n) is 15.6. The summed E-state index contributed by atoms with van der Waals surface area (Å²) in [7, 11) is 0. The molecule has 5 aliphatic rings. The van der Waals surface area contributed by atoms with Crippen LogP contribution in [0.4, 0.5) is 0 Å². The fourth-order valence-electron chi connectivity index (χ4n) is 6.84. The quantitative estimate of drug-likeness (QED) is 0.697. The van der Waals surface area contributed by atoms with Crippen molar-refractivity contribution in [1.82, 2.24) is 15.2 Å². The van der Waals surface area contributed by atoms with Crippen LogP contribution in [0.2, 0.25) is 10.0 Å². The van der Waals surface area contributed by atoms with Gasteiger partial charge in [-0.3, -0.25) is 9.69 Å². The normalized spacial score (nSPS) is 36.4. The Kier molecular flexibility index (Phi) is 2.99. The Hall–Kier alpha value is -1.23. The number of aromatic amines is 1. The number of hydrogen-bond donors (Lipinski definition) is 2. The molecule has 0 radical (unpaired) electrons. The molecular formula is C21H23Cl2N3O. The van der Waals surface area contributed by atoms with Crippen molar-refractivity contribution in [3.8, 4) is 0 Å². The number of rotatable bonds is 0. The van der Waals surface area contributed by atoms with Gasteiger partial charge in [-0.1, -0.05) is 37.0 Å². The highest BCUT2D eigenvalue weighted by Gasteiger charge is 2.68. The van der Waals surface area contributed by atoms with Crippen molar-refractivity contribution in [3.05, 3.63) is 33.4 Å². The minimum absolute atomic E-state index is 0.0546. The Bertz CT molecular complexity index is 1030. The number of piperazine rings is 1. The zero-order chi connectivity index (χ0) is 18.8. The van der Waals surface area contributed by atoms with Gasteiger partial charge in [-0.2, -0.15) is 0 Å². The van der Waals surface area contributed by atoms with Gasteiger partial charge in [0.05, 0.1) is 15.6 Å². The summed E-state index contributed by atoms with van der Waals surface area (Å²) in [6.07, 6.45) is 3.93. The van der Waals surface area contributed by atoms with Crippen molar-refractivity contribution in [2.45, 2.75) is 56.0 Å². The molecule has 27 heavy (non-hydrogen) atoms. The van der Waals surface area contributed by atoms with Gasteiger partial charge in [0.2, 0.25) is 5.91 Å². The first-order chi connectivity index (χ1) is 12.8. The van der Waals surface area contributed by atoms with Crippen molar-refractivity contribution in [1.29, 1.82) is 0 Å². The van der Waals surface area contributed by atoms with Crippen molar-refractivity contribution in [3.63, 3.8) is 0 Å². The maximum Gasteiger partial charge on any atom is 0.241 e. The molecule has 2 aromatic rings. The Labute approximate surface area is 168 Å². The predicted octanol–water partition coefficient (Wildman–Crippen LogP) is 4.03. The Morgan fingerprint density at radius 3 is 2.81 bits per heavy atom. The van der Waals surface area contributed by atoms with Crippen molar-refractivity contribution >= 4 is 40.0 Å². The monoisotopic (exact) mass is 403 g/mol. The highest BCUT2D eigenvalue weighted by molar-refractivity contribution is 6.42. The molecule has 4 aliphatic heterocycles. The van der Waals surface area contributed by atoms with Crippen LogP contribution >= 0.6 is 23.2 Å². The van der Waals surface area contributed by atoms with E-state index >= 15 is 0 Å². The highest BCUT2D eigenvalue weighted by atomic mass is 35.5. The number of halogens is 2. The van der Waals surface area contributed by atoms with Crippen molar-refractivity contribution < 1.29 is 4.79 Å². The van der Waals surface area contributed by atoms with E-state index < -0.39 is 0 Å². The summed E-state index contributed by atoms with van der Waals surface area (Å²) in [5.41, 5.74) is 3.09. The van der Waals surface area contributed by atoms with Crippen LogP contribution in [0.1, 0.15) is 44.4 Å². The van der Waals surface area contributed by atoms with E-state index in [0.29, 0.717) is 16.0 Å². The molecule has 1 aromatic heterocycles. The first-order valence-electron chi connectivity index (χ1n) is 9.85. The van der Waals surface area contributed by atoms with Crippen LogP contribution in [0.5, 0.6) is 0 Å². The number of fused-ring (bicyclic) bond motifs is 4. The van der Waals surface area contributed by atoms with Crippen LogP contribution in [0.15, 0.2) is 12.1 Å². The van der Waals surface area contributed by atoms with Crippen LogP contribution in [0.3, 0.4) is 0 Å². The van der Waals surface area contributed by atoms with Gasteiger partial charge < -0.3 is 10.3 Å². The SMILES string of the molecule is CC1(C)c2[nH]c3cc(Cl)c(Cl)cc3c2CC23CN4CCCC4(C[C@H]21)C(=O)N3. The molecule has 2 bridgehead atoms. The van der Waals surface area contributed by atoms with Gasteiger partial charge in [-0.25, -0.2) is 0 Å². The molecule has 6 heteroatoms. The van der Waals surface area contributed by atoms with E-state index in [4.69, 9.17) is 23.2 Å². The molecule has 4 saturated heterocycles. The van der Waals surface area contributed by atoms with Crippen LogP contribution in [0.25, 0.3) is 10.9 Å². The highest BCUT2D eigenvalue weighted by Crippen LogP contribution is 2.58. The number of benzene rings is 1. The van der Waals surface area contributed by atoms with E-state index in [1.807, 2.05) is 12.1 Å². The molecule has 4 nitrogen and oxygen atoms in total. The fourth-order valence-corrected chi connectivity index (χ4v) is 7.16. The molecule has 0 saturated carbocycles. The summed E-state index contributed by atoms with van der Waals surface area (Å²) in [5.74, 6) is 0.672. The third-order valence-corrected chi connectivity index (χ3v) is 8.77. The van der Waals surface area contributed by atoms with E-state index in [0.717, 1.165) is 49.7 Å². The third kappa shape index (κ3) is 1.83. The Morgan fingerprint density at radius 2 is 2.00 bits per heavy atom. The number of aromatic nitrogens is 1. The second-order valence-corrected chi connectivity index (χ2v) is 10.4. The molecule has 4 fully saturated rings. The van der Waals surface area contributed by atoms with Crippen LogP contribution in [-0.2, 0) is 16.6 Å². The zero-order valence-corrected chi connectivity index (χ0v) is 17.1. The largest absolute Gasteiger partial charge is 0.358 e. The number of amides is 1. The molecule has 1 aliphatic carbocycles. The number of carbonyl (C=O) groups is 1. The smallest absolute Gasteiger partial charge is 0.241 e. The van der Waals surface area contributed by atoms with Gasteiger partial charge in [-0.05, 0) is 55.8 Å². The van der Waals surface area contributed by atoms with Crippen molar-refractivity contribution in [2.75, 3.05) is 13.1 Å². The second-order valence-electron chi connectivity index (χ2n) is 9.61. The van der Waals surface area contributed by atoms with Gasteiger partial charge in [0, 0.05) is 28.6 Å². The molecule has 7 rings (SSSR count). The number of hydrogen-bond acceptors (Lipinski definition) is 2. The Balaban J connectivity index is 1.59. The Morgan fingerprint density at radius 1 is 1.22 bits per heavy atom. The molecule has 2 unspecified atom stereocenters. The standard InChI is InChI=1S/C21H23Cl2N3O/c1-19(2)16-9-21-4-3-5-26(21)10-20(16,25-18(21)27)8-12-11-6-13(22)14(23)7-15(11)24-17(12)19/h6-7,16,24H,3-5,8-10H2,1-2H3,(H,25,27)/t16-,20?,21?/m0/s1. The lowest BCUT2D eigenvalue weighted by Crippen LogP contribution is -2.82. The summed E-state index contributed by atoms with van der Waals surface area (Å²) in [4.78, 5) is 19.3. The number of carbonyl (C=O) groups excluding carboxylic acids is 1. The summed E-state index contributed by atoms with van der Waals surface area (Å²) >= 11 is 12.6. The number of nitrogens with one attached hydrogen (secondary N) is 2. The van der Waals surface area contributed by atoms with E-state index in [1.165, 1.54) is 11.3 Å². The van der Waals surface area contributed by atoms with Gasteiger partial charge in [-0.15, -0.1) is 0 Å². The van der Waals surface area contributed by atoms with E-state index in [1.54, 1.807) is 0 Å². The van der Waals surface area contributed by atoms with Crippen LogP contribution in [0, 0.1) is 5.92 Å². The van der Waals surface area contributed by atoms with E-state index in [-0.39, 0.29) is 22.4 Å². The lowest BCUT2D eigenvalue weighted by molar-refractivity contribution is -0.160. The van der Waals surface area contributed by atoms with Gasteiger partial charge in [0.25, 0.3) is 0 Å². The summed E-state index contributed by atoms with van der Waals surface area (Å²) in [6.45, 7) is 6.67. The first-order valence-corrected chi connectivity index (χ1v) is 10.6. The van der Waals surface area contributed by atoms with E-state index in [9.17, 15) is 4.79 Å². The minimum atomic E-state index is -0.278. The molecule has 1 aromatic carbocycles. The second kappa shape index (κ2) is 4.84. The third-order valence-electron chi connectivity index (χ3n) is 8.05. The summed E-state index contributed by atoms with van der Waals surface area (Å²) < 4.78 is 0. The van der Waals surface area contributed by atoms with E-state index in [2.05, 4.69) is 29.0 Å². The lowest BCUT2D eigenvalue weighted by Gasteiger charge is -2.65. The maximum atomic E-state index is 13.1. The van der Waals surface area contributed by atoms with Crippen LogP contribution < -0.4 is 5.32 Å².